The van der Waals surface area contributed by atoms with Crippen molar-refractivity contribution in [3.63, 3.8) is 0 Å². The summed E-state index contributed by atoms with van der Waals surface area (Å²) in [7, 11) is 0. The summed E-state index contributed by atoms with van der Waals surface area (Å²) in [6, 6.07) is 13.3. The molecule has 0 heterocycles. The zero-order chi connectivity index (χ0) is 18.4. The van der Waals surface area contributed by atoms with Crippen molar-refractivity contribution in [2.75, 3.05) is 11.9 Å². The molecule has 4 nitrogen and oxygen atoms in total. The first-order valence-corrected chi connectivity index (χ1v) is 8.72. The average Bonchev–Trinajstić information content (AvgIpc) is 2.58. The minimum Gasteiger partial charge on any atom is -0.494 e. The van der Waals surface area contributed by atoms with Crippen LogP contribution in [0, 0.1) is 6.92 Å². The summed E-state index contributed by atoms with van der Waals surface area (Å²) in [5.41, 5.74) is 3.05. The predicted molar refractivity (Wildman–Crippen MR) is 102 cm³/mol. The fourth-order valence-corrected chi connectivity index (χ4v) is 2.61. The van der Waals surface area contributed by atoms with Gasteiger partial charge in [-0.3, -0.25) is 4.79 Å². The Balaban J connectivity index is 2.06. The Morgan fingerprint density at radius 3 is 2.28 bits per heavy atom. The molecule has 1 unspecified atom stereocenters. The molecule has 0 fully saturated rings. The van der Waals surface area contributed by atoms with Crippen molar-refractivity contribution in [3.8, 4) is 11.5 Å². The van der Waals surface area contributed by atoms with Crippen LogP contribution < -0.4 is 14.8 Å². The topological polar surface area (TPSA) is 47.6 Å². The molecule has 25 heavy (non-hydrogen) atoms. The molecule has 0 saturated carbocycles. The van der Waals surface area contributed by atoms with Crippen molar-refractivity contribution in [1.29, 1.82) is 0 Å². The monoisotopic (exact) mass is 341 g/mol. The van der Waals surface area contributed by atoms with Crippen LogP contribution in [0.2, 0.25) is 0 Å². The molecule has 0 aliphatic heterocycles. The maximum atomic E-state index is 12.6. The molecule has 0 aliphatic carbocycles. The molecule has 4 heteroatoms. The van der Waals surface area contributed by atoms with Gasteiger partial charge < -0.3 is 14.8 Å². The van der Waals surface area contributed by atoms with Gasteiger partial charge in [0.15, 0.2) is 6.10 Å². The third-order valence-corrected chi connectivity index (χ3v) is 3.99. The Bertz CT molecular complexity index is 708. The van der Waals surface area contributed by atoms with Gasteiger partial charge in [-0.1, -0.05) is 32.0 Å². The number of carbonyl (C=O) groups excluding carboxylic acids is 1. The molecule has 0 spiro atoms. The minimum atomic E-state index is -0.599. The number of benzene rings is 2. The second-order valence-electron chi connectivity index (χ2n) is 6.35. The van der Waals surface area contributed by atoms with E-state index >= 15 is 0 Å². The number of aryl methyl sites for hydroxylation is 1. The van der Waals surface area contributed by atoms with Crippen molar-refractivity contribution in [3.05, 3.63) is 53.6 Å². The fraction of sp³-hybridized carbons (Fsp3) is 0.381. The molecule has 0 bridgehead atoms. The van der Waals surface area contributed by atoms with Crippen LogP contribution in [0.15, 0.2) is 42.5 Å². The highest BCUT2D eigenvalue weighted by atomic mass is 16.5. The molecule has 2 rings (SSSR count). The van der Waals surface area contributed by atoms with Crippen LogP contribution in [0.1, 0.15) is 44.7 Å². The highest BCUT2D eigenvalue weighted by Gasteiger charge is 2.18. The summed E-state index contributed by atoms with van der Waals surface area (Å²) >= 11 is 0. The van der Waals surface area contributed by atoms with Crippen LogP contribution in [0.25, 0.3) is 0 Å². The Labute approximate surface area is 150 Å². The second kappa shape index (κ2) is 8.56. The van der Waals surface area contributed by atoms with Crippen LogP contribution in [-0.2, 0) is 4.79 Å². The van der Waals surface area contributed by atoms with Crippen LogP contribution in [-0.4, -0.2) is 18.6 Å². The van der Waals surface area contributed by atoms with E-state index in [0.717, 1.165) is 22.6 Å². The van der Waals surface area contributed by atoms with Gasteiger partial charge in [-0.25, -0.2) is 0 Å². The molecule has 0 saturated heterocycles. The third kappa shape index (κ3) is 4.99. The number of carbonyl (C=O) groups is 1. The standard InChI is InChI=1S/C21H27NO3/c1-6-24-17-10-12-18(13-11-17)25-16(5)21(23)22-20-15(4)8-7-9-19(20)14(2)3/h7-14,16H,6H2,1-5H3,(H,22,23). The Morgan fingerprint density at radius 1 is 1.04 bits per heavy atom. The number of anilines is 1. The molecule has 1 N–H and O–H groups in total. The molecule has 0 aromatic heterocycles. The normalized spacial score (nSPS) is 11.9. The predicted octanol–water partition coefficient (Wildman–Crippen LogP) is 4.92. The van der Waals surface area contributed by atoms with E-state index in [9.17, 15) is 4.79 Å². The van der Waals surface area contributed by atoms with Crippen molar-refractivity contribution < 1.29 is 14.3 Å². The summed E-state index contributed by atoms with van der Waals surface area (Å²) in [4.78, 5) is 12.6. The molecular formula is C21H27NO3. The largest absolute Gasteiger partial charge is 0.494 e. The summed E-state index contributed by atoms with van der Waals surface area (Å²) in [5, 5.41) is 3.02. The van der Waals surface area contributed by atoms with Gasteiger partial charge in [-0.05, 0) is 62.1 Å². The smallest absolute Gasteiger partial charge is 0.265 e. The SMILES string of the molecule is CCOc1ccc(OC(C)C(=O)Nc2c(C)cccc2C(C)C)cc1. The van der Waals surface area contributed by atoms with E-state index in [0.29, 0.717) is 18.3 Å². The Morgan fingerprint density at radius 2 is 1.68 bits per heavy atom. The minimum absolute atomic E-state index is 0.162. The van der Waals surface area contributed by atoms with Gasteiger partial charge in [0.1, 0.15) is 11.5 Å². The van der Waals surface area contributed by atoms with Crippen LogP contribution in [0.5, 0.6) is 11.5 Å². The lowest BCUT2D eigenvalue weighted by Crippen LogP contribution is -2.30. The number of para-hydroxylation sites is 1. The third-order valence-electron chi connectivity index (χ3n) is 3.99. The molecule has 0 radical (unpaired) electrons. The quantitative estimate of drug-likeness (QED) is 0.777. The number of hydrogen-bond donors (Lipinski definition) is 1. The molecular weight excluding hydrogens is 314 g/mol. The maximum Gasteiger partial charge on any atom is 0.265 e. The number of hydrogen-bond acceptors (Lipinski definition) is 3. The molecule has 2 aromatic rings. The highest BCUT2D eigenvalue weighted by molar-refractivity contribution is 5.95. The molecule has 2 aromatic carbocycles. The van der Waals surface area contributed by atoms with Crippen molar-refractivity contribution in [2.24, 2.45) is 0 Å². The van der Waals surface area contributed by atoms with E-state index < -0.39 is 6.10 Å². The van der Waals surface area contributed by atoms with E-state index in [-0.39, 0.29) is 5.91 Å². The summed E-state index contributed by atoms with van der Waals surface area (Å²) < 4.78 is 11.2. The number of nitrogens with one attached hydrogen (secondary N) is 1. The summed E-state index contributed by atoms with van der Waals surface area (Å²) in [6.07, 6.45) is -0.599. The van der Waals surface area contributed by atoms with Gasteiger partial charge in [0.2, 0.25) is 0 Å². The first-order chi connectivity index (χ1) is 11.9. The lowest BCUT2D eigenvalue weighted by atomic mass is 9.98. The van der Waals surface area contributed by atoms with Crippen LogP contribution in [0.3, 0.4) is 0 Å². The summed E-state index contributed by atoms with van der Waals surface area (Å²) in [6.45, 7) is 10.5. The van der Waals surface area contributed by atoms with Gasteiger partial charge in [0.25, 0.3) is 5.91 Å². The zero-order valence-corrected chi connectivity index (χ0v) is 15.6. The Kier molecular flexibility index (Phi) is 6.45. The van der Waals surface area contributed by atoms with Gasteiger partial charge in [0.05, 0.1) is 6.61 Å². The zero-order valence-electron chi connectivity index (χ0n) is 15.6. The van der Waals surface area contributed by atoms with Gasteiger partial charge >= 0.3 is 0 Å². The number of rotatable bonds is 7. The molecule has 134 valence electrons. The van der Waals surface area contributed by atoms with Crippen LogP contribution >= 0.6 is 0 Å². The first kappa shape index (κ1) is 18.8. The van der Waals surface area contributed by atoms with E-state index in [1.54, 1.807) is 6.92 Å². The van der Waals surface area contributed by atoms with Crippen molar-refractivity contribution >= 4 is 11.6 Å². The van der Waals surface area contributed by atoms with E-state index in [4.69, 9.17) is 9.47 Å². The first-order valence-electron chi connectivity index (χ1n) is 8.72. The number of ether oxygens (including phenoxy) is 2. The second-order valence-corrected chi connectivity index (χ2v) is 6.35. The van der Waals surface area contributed by atoms with Gasteiger partial charge in [-0.15, -0.1) is 0 Å². The van der Waals surface area contributed by atoms with E-state index in [1.165, 1.54) is 0 Å². The summed E-state index contributed by atoms with van der Waals surface area (Å²) in [5.74, 6) is 1.59. The maximum absolute atomic E-state index is 12.6. The van der Waals surface area contributed by atoms with Crippen molar-refractivity contribution in [2.45, 2.75) is 46.6 Å². The van der Waals surface area contributed by atoms with Gasteiger partial charge in [0, 0.05) is 5.69 Å². The molecule has 1 amide bonds. The average molecular weight is 341 g/mol. The van der Waals surface area contributed by atoms with E-state index in [2.05, 4.69) is 19.2 Å². The van der Waals surface area contributed by atoms with Gasteiger partial charge in [-0.2, -0.15) is 0 Å². The lowest BCUT2D eigenvalue weighted by molar-refractivity contribution is -0.122. The van der Waals surface area contributed by atoms with E-state index in [1.807, 2.05) is 56.3 Å². The fourth-order valence-electron chi connectivity index (χ4n) is 2.61. The van der Waals surface area contributed by atoms with Crippen LogP contribution in [0.4, 0.5) is 5.69 Å². The lowest BCUT2D eigenvalue weighted by Gasteiger charge is -2.19. The molecule has 1 atom stereocenters. The Hall–Kier alpha value is -2.49. The molecule has 0 aliphatic rings. The highest BCUT2D eigenvalue weighted by Crippen LogP contribution is 2.28. The van der Waals surface area contributed by atoms with Crippen molar-refractivity contribution in [1.82, 2.24) is 0 Å². The number of amides is 1.